The van der Waals surface area contributed by atoms with Gasteiger partial charge in [-0.25, -0.2) is 4.79 Å². The van der Waals surface area contributed by atoms with Crippen molar-refractivity contribution in [3.8, 4) is 11.5 Å². The largest absolute Gasteiger partial charge is 0.497 e. The fraction of sp³-hybridized carbons (Fsp3) is 0.350. The van der Waals surface area contributed by atoms with E-state index in [1.807, 2.05) is 37.3 Å². The van der Waals surface area contributed by atoms with Crippen molar-refractivity contribution in [1.29, 1.82) is 0 Å². The van der Waals surface area contributed by atoms with E-state index in [0.717, 1.165) is 22.4 Å². The number of benzene rings is 2. The third-order valence-corrected chi connectivity index (χ3v) is 4.03. The minimum Gasteiger partial charge on any atom is -0.497 e. The van der Waals surface area contributed by atoms with Crippen molar-refractivity contribution in [3.63, 3.8) is 0 Å². The molecule has 0 saturated carbocycles. The van der Waals surface area contributed by atoms with Crippen LogP contribution in [-0.4, -0.2) is 20.3 Å². The molecule has 0 bridgehead atoms. The third-order valence-electron chi connectivity index (χ3n) is 4.03. The standard InChI is InChI=1S/C20H26N2O3/c1-13(2)18-8-6-7-14(3)19(18)22-20(23)21-12-15-9-16(24-4)11-17(10-15)25-5/h6-11,13H,12H2,1-5H3,(H2,21,22,23). The molecule has 25 heavy (non-hydrogen) atoms. The summed E-state index contributed by atoms with van der Waals surface area (Å²) < 4.78 is 10.5. The van der Waals surface area contributed by atoms with E-state index in [0.29, 0.717) is 24.0 Å². The number of rotatable bonds is 6. The van der Waals surface area contributed by atoms with E-state index in [2.05, 4.69) is 24.5 Å². The van der Waals surface area contributed by atoms with Crippen LogP contribution in [0.2, 0.25) is 0 Å². The van der Waals surface area contributed by atoms with Gasteiger partial charge >= 0.3 is 6.03 Å². The molecular formula is C20H26N2O3. The average Bonchev–Trinajstić information content (AvgIpc) is 2.61. The Hall–Kier alpha value is -2.69. The van der Waals surface area contributed by atoms with Gasteiger partial charge in [0.25, 0.3) is 0 Å². The van der Waals surface area contributed by atoms with Gasteiger partial charge in [0.1, 0.15) is 11.5 Å². The number of hydrogen-bond donors (Lipinski definition) is 2. The predicted octanol–water partition coefficient (Wildman–Crippen LogP) is 4.46. The molecule has 2 aromatic rings. The average molecular weight is 342 g/mol. The highest BCUT2D eigenvalue weighted by molar-refractivity contribution is 5.91. The number of urea groups is 1. The van der Waals surface area contributed by atoms with E-state index < -0.39 is 0 Å². The van der Waals surface area contributed by atoms with Gasteiger partial charge in [-0.05, 0) is 41.7 Å². The molecule has 0 saturated heterocycles. The first kappa shape index (κ1) is 18.6. The first-order valence-electron chi connectivity index (χ1n) is 8.31. The van der Waals surface area contributed by atoms with Crippen LogP contribution in [-0.2, 0) is 6.54 Å². The maximum absolute atomic E-state index is 12.3. The Labute approximate surface area is 149 Å². The maximum atomic E-state index is 12.3. The molecule has 0 heterocycles. The molecule has 0 spiro atoms. The van der Waals surface area contributed by atoms with E-state index in [9.17, 15) is 4.79 Å². The Kier molecular flexibility index (Phi) is 6.28. The minimum atomic E-state index is -0.238. The number of anilines is 1. The quantitative estimate of drug-likeness (QED) is 0.815. The van der Waals surface area contributed by atoms with E-state index in [1.165, 1.54) is 0 Å². The van der Waals surface area contributed by atoms with Crippen molar-refractivity contribution >= 4 is 11.7 Å². The second-order valence-corrected chi connectivity index (χ2v) is 6.22. The molecule has 0 aliphatic rings. The fourth-order valence-electron chi connectivity index (χ4n) is 2.65. The van der Waals surface area contributed by atoms with Crippen molar-refractivity contribution in [2.75, 3.05) is 19.5 Å². The molecule has 2 N–H and O–H groups in total. The van der Waals surface area contributed by atoms with Crippen molar-refractivity contribution < 1.29 is 14.3 Å². The van der Waals surface area contributed by atoms with E-state index in [-0.39, 0.29) is 6.03 Å². The van der Waals surface area contributed by atoms with Crippen LogP contribution < -0.4 is 20.1 Å². The van der Waals surface area contributed by atoms with Gasteiger partial charge in [0.15, 0.2) is 0 Å². The Bertz CT molecular complexity index is 719. The molecule has 0 aliphatic heterocycles. The van der Waals surface area contributed by atoms with Gasteiger partial charge in [0, 0.05) is 18.3 Å². The Morgan fingerprint density at radius 3 is 2.28 bits per heavy atom. The molecule has 2 aromatic carbocycles. The van der Waals surface area contributed by atoms with Gasteiger partial charge in [-0.15, -0.1) is 0 Å². The first-order chi connectivity index (χ1) is 11.9. The van der Waals surface area contributed by atoms with Crippen molar-refractivity contribution in [2.24, 2.45) is 0 Å². The molecule has 0 aliphatic carbocycles. The van der Waals surface area contributed by atoms with Gasteiger partial charge in [0.05, 0.1) is 14.2 Å². The number of amides is 2. The van der Waals surface area contributed by atoms with Crippen LogP contribution in [0.25, 0.3) is 0 Å². The minimum absolute atomic E-state index is 0.238. The second-order valence-electron chi connectivity index (χ2n) is 6.22. The van der Waals surface area contributed by atoms with Crippen molar-refractivity contribution in [1.82, 2.24) is 5.32 Å². The lowest BCUT2D eigenvalue weighted by atomic mass is 9.98. The highest BCUT2D eigenvalue weighted by Gasteiger charge is 2.12. The van der Waals surface area contributed by atoms with Crippen LogP contribution in [0.5, 0.6) is 11.5 Å². The summed E-state index contributed by atoms with van der Waals surface area (Å²) in [5, 5.41) is 5.86. The van der Waals surface area contributed by atoms with E-state index in [1.54, 1.807) is 20.3 Å². The summed E-state index contributed by atoms with van der Waals surface area (Å²) in [5.74, 6) is 1.72. The topological polar surface area (TPSA) is 59.6 Å². The number of hydrogen-bond acceptors (Lipinski definition) is 3. The monoisotopic (exact) mass is 342 g/mol. The normalized spacial score (nSPS) is 10.5. The smallest absolute Gasteiger partial charge is 0.319 e. The van der Waals surface area contributed by atoms with E-state index >= 15 is 0 Å². The van der Waals surface area contributed by atoms with Crippen LogP contribution in [0.4, 0.5) is 10.5 Å². The van der Waals surface area contributed by atoms with Crippen molar-refractivity contribution in [2.45, 2.75) is 33.2 Å². The fourth-order valence-corrected chi connectivity index (χ4v) is 2.65. The van der Waals surface area contributed by atoms with Gasteiger partial charge in [-0.3, -0.25) is 0 Å². The first-order valence-corrected chi connectivity index (χ1v) is 8.31. The summed E-state index contributed by atoms with van der Waals surface area (Å²) in [6.45, 7) is 6.59. The van der Waals surface area contributed by atoms with Gasteiger partial charge in [-0.1, -0.05) is 32.0 Å². The summed E-state index contributed by atoms with van der Waals surface area (Å²) in [6.07, 6.45) is 0. The molecular weight excluding hydrogens is 316 g/mol. The van der Waals surface area contributed by atoms with Gasteiger partial charge in [0.2, 0.25) is 0 Å². The lowest BCUT2D eigenvalue weighted by Crippen LogP contribution is -2.29. The summed E-state index contributed by atoms with van der Waals surface area (Å²) >= 11 is 0. The SMILES string of the molecule is COc1cc(CNC(=O)Nc2c(C)cccc2C(C)C)cc(OC)c1. The molecule has 5 heteroatoms. The Morgan fingerprint density at radius 1 is 1.08 bits per heavy atom. The van der Waals surface area contributed by atoms with Crippen LogP contribution in [0, 0.1) is 6.92 Å². The number of methoxy groups -OCH3 is 2. The molecule has 0 atom stereocenters. The lowest BCUT2D eigenvalue weighted by molar-refractivity contribution is 0.251. The Morgan fingerprint density at radius 2 is 1.72 bits per heavy atom. The highest BCUT2D eigenvalue weighted by Crippen LogP contribution is 2.27. The van der Waals surface area contributed by atoms with Crippen LogP contribution in [0.15, 0.2) is 36.4 Å². The summed E-state index contributed by atoms with van der Waals surface area (Å²) in [6, 6.07) is 11.3. The summed E-state index contributed by atoms with van der Waals surface area (Å²) in [7, 11) is 3.20. The molecule has 2 amide bonds. The molecule has 0 unspecified atom stereocenters. The zero-order chi connectivity index (χ0) is 18.4. The van der Waals surface area contributed by atoms with E-state index in [4.69, 9.17) is 9.47 Å². The molecule has 5 nitrogen and oxygen atoms in total. The number of nitrogens with one attached hydrogen (secondary N) is 2. The number of ether oxygens (including phenoxy) is 2. The maximum Gasteiger partial charge on any atom is 0.319 e. The third kappa shape index (κ3) is 4.89. The van der Waals surface area contributed by atoms with Crippen molar-refractivity contribution in [3.05, 3.63) is 53.1 Å². The second kappa shape index (κ2) is 8.42. The zero-order valence-corrected chi connectivity index (χ0v) is 15.5. The van der Waals surface area contributed by atoms with Crippen LogP contribution in [0.3, 0.4) is 0 Å². The number of carbonyl (C=O) groups excluding carboxylic acids is 1. The zero-order valence-electron chi connectivity index (χ0n) is 15.5. The molecule has 0 radical (unpaired) electrons. The van der Waals surface area contributed by atoms with Crippen LogP contribution in [0.1, 0.15) is 36.5 Å². The lowest BCUT2D eigenvalue weighted by Gasteiger charge is -2.17. The van der Waals surface area contributed by atoms with Gasteiger partial charge in [-0.2, -0.15) is 0 Å². The summed E-state index contributed by atoms with van der Waals surface area (Å²) in [4.78, 5) is 12.3. The molecule has 0 aromatic heterocycles. The number of aryl methyl sites for hydroxylation is 1. The predicted molar refractivity (Wildman–Crippen MR) is 101 cm³/mol. The van der Waals surface area contributed by atoms with Gasteiger partial charge < -0.3 is 20.1 Å². The highest BCUT2D eigenvalue weighted by atomic mass is 16.5. The number of para-hydroxylation sites is 1. The van der Waals surface area contributed by atoms with Crippen LogP contribution >= 0.6 is 0 Å². The number of carbonyl (C=O) groups is 1. The molecule has 2 rings (SSSR count). The molecule has 0 fully saturated rings. The Balaban J connectivity index is 2.07. The molecule has 134 valence electrons. The summed E-state index contributed by atoms with van der Waals surface area (Å²) in [5.41, 5.74) is 3.95.